The number of benzene rings is 2. The molecule has 1 aromatic heterocycles. The topological polar surface area (TPSA) is 126 Å². The number of rotatable bonds is 9. The highest BCUT2D eigenvalue weighted by molar-refractivity contribution is 7.13. The molecule has 9 nitrogen and oxygen atoms in total. The van der Waals surface area contributed by atoms with Gasteiger partial charge in [-0.2, -0.15) is 0 Å². The Hall–Kier alpha value is -4.02. The first-order valence-corrected chi connectivity index (χ1v) is 12.6. The highest BCUT2D eigenvalue weighted by Gasteiger charge is 2.51. The van der Waals surface area contributed by atoms with Crippen LogP contribution in [-0.4, -0.2) is 43.0 Å². The SMILES string of the molecule is COC(=O)[C@@H]1OC1C(=O)NNC(=O)CCc1ccccc1C(=O)N[C@H](C)c1cccc(-c2cccs2)c1. The third kappa shape index (κ3) is 6.60. The number of methoxy groups -OCH3 is 1. The number of amides is 3. The average Bonchev–Trinajstić information content (AvgIpc) is 3.54. The van der Waals surface area contributed by atoms with Gasteiger partial charge in [0, 0.05) is 16.9 Å². The number of hydrazine groups is 1. The van der Waals surface area contributed by atoms with Crippen molar-refractivity contribution in [3.05, 3.63) is 82.7 Å². The predicted octanol–water partition coefficient (Wildman–Crippen LogP) is 2.93. The predicted molar refractivity (Wildman–Crippen MR) is 137 cm³/mol. The standard InChI is InChI=1S/C27H27N3O6S/c1-16(18-8-5-9-19(15-18)21-11-6-14-37-21)28-25(32)20-10-4-3-7-17(20)12-13-22(31)29-30-26(33)23-24(36-23)27(34)35-2/h3-11,14-16,23-24H,12-13H2,1-2H3,(H,28,32)(H,29,31)(H,30,33)/t16-,23?,24-/m1/s1. The van der Waals surface area contributed by atoms with Gasteiger partial charge in [0.25, 0.3) is 11.8 Å². The van der Waals surface area contributed by atoms with E-state index in [-0.39, 0.29) is 24.8 Å². The van der Waals surface area contributed by atoms with Crippen LogP contribution in [0.15, 0.2) is 66.0 Å². The Labute approximate surface area is 218 Å². The zero-order valence-corrected chi connectivity index (χ0v) is 21.2. The molecule has 1 aliphatic heterocycles. The molecular formula is C27H27N3O6S. The van der Waals surface area contributed by atoms with Crippen molar-refractivity contribution in [2.75, 3.05) is 7.11 Å². The van der Waals surface area contributed by atoms with Crippen LogP contribution in [0.4, 0.5) is 0 Å². The second-order valence-corrected chi connectivity index (χ2v) is 9.44. The number of epoxide rings is 1. The molecule has 3 aromatic rings. The number of ether oxygens (including phenoxy) is 2. The van der Waals surface area contributed by atoms with Crippen molar-refractivity contribution >= 4 is 35.0 Å². The normalized spacial score (nSPS) is 16.8. The fraction of sp³-hybridized carbons (Fsp3) is 0.259. The van der Waals surface area contributed by atoms with Crippen molar-refractivity contribution in [3.8, 4) is 10.4 Å². The molecule has 3 amide bonds. The van der Waals surface area contributed by atoms with E-state index in [1.807, 2.05) is 36.6 Å². The molecule has 0 bridgehead atoms. The summed E-state index contributed by atoms with van der Waals surface area (Å²) in [4.78, 5) is 49.8. The van der Waals surface area contributed by atoms with E-state index in [2.05, 4.69) is 33.0 Å². The van der Waals surface area contributed by atoms with Crippen LogP contribution in [0.3, 0.4) is 0 Å². The van der Waals surface area contributed by atoms with Crippen LogP contribution in [0.2, 0.25) is 0 Å². The molecule has 4 rings (SSSR count). The van der Waals surface area contributed by atoms with Gasteiger partial charge in [-0.05, 0) is 53.6 Å². The van der Waals surface area contributed by atoms with Crippen LogP contribution in [0.25, 0.3) is 10.4 Å². The molecule has 1 unspecified atom stereocenters. The minimum absolute atomic E-state index is 0.0366. The third-order valence-electron chi connectivity index (χ3n) is 5.93. The number of hydrogen-bond donors (Lipinski definition) is 3. The molecule has 1 aliphatic rings. The molecule has 10 heteroatoms. The average molecular weight is 522 g/mol. The Bertz CT molecular complexity index is 1290. The molecule has 0 spiro atoms. The van der Waals surface area contributed by atoms with Crippen molar-refractivity contribution in [3.63, 3.8) is 0 Å². The molecule has 2 aromatic carbocycles. The second-order valence-electron chi connectivity index (χ2n) is 8.49. The summed E-state index contributed by atoms with van der Waals surface area (Å²) in [5, 5.41) is 5.07. The van der Waals surface area contributed by atoms with Crippen LogP contribution in [0.5, 0.6) is 0 Å². The van der Waals surface area contributed by atoms with Crippen LogP contribution >= 0.6 is 11.3 Å². The lowest BCUT2D eigenvalue weighted by Crippen LogP contribution is -2.44. The van der Waals surface area contributed by atoms with Gasteiger partial charge in [-0.25, -0.2) is 4.79 Å². The van der Waals surface area contributed by atoms with Crippen molar-refractivity contribution in [1.29, 1.82) is 0 Å². The Kier molecular flexibility index (Phi) is 8.32. The summed E-state index contributed by atoms with van der Waals surface area (Å²) < 4.78 is 9.45. The molecule has 37 heavy (non-hydrogen) atoms. The first-order chi connectivity index (χ1) is 17.9. The molecule has 0 radical (unpaired) electrons. The number of carbonyl (C=O) groups excluding carboxylic acids is 4. The van der Waals surface area contributed by atoms with Crippen molar-refractivity contribution in [1.82, 2.24) is 16.2 Å². The highest BCUT2D eigenvalue weighted by Crippen LogP contribution is 2.27. The van der Waals surface area contributed by atoms with Crippen molar-refractivity contribution in [2.24, 2.45) is 0 Å². The summed E-state index contributed by atoms with van der Waals surface area (Å²) in [6.45, 7) is 1.93. The lowest BCUT2D eigenvalue weighted by Gasteiger charge is -2.17. The zero-order valence-electron chi connectivity index (χ0n) is 20.4. The Morgan fingerprint density at radius 2 is 1.81 bits per heavy atom. The number of esters is 1. The Balaban J connectivity index is 1.30. The van der Waals surface area contributed by atoms with Gasteiger partial charge in [-0.1, -0.05) is 42.5 Å². The molecule has 2 heterocycles. The summed E-state index contributed by atoms with van der Waals surface area (Å²) >= 11 is 1.66. The molecular weight excluding hydrogens is 494 g/mol. The maximum atomic E-state index is 13.1. The number of aryl methyl sites for hydroxylation is 1. The fourth-order valence-corrected chi connectivity index (χ4v) is 4.57. The fourth-order valence-electron chi connectivity index (χ4n) is 3.84. The van der Waals surface area contributed by atoms with Gasteiger partial charge in [0.05, 0.1) is 13.2 Å². The van der Waals surface area contributed by atoms with E-state index in [0.29, 0.717) is 11.1 Å². The molecule has 0 aliphatic carbocycles. The van der Waals surface area contributed by atoms with E-state index in [0.717, 1.165) is 16.0 Å². The second kappa shape index (κ2) is 11.8. The summed E-state index contributed by atoms with van der Waals surface area (Å²) in [5.74, 6) is -1.97. The van der Waals surface area contributed by atoms with Crippen LogP contribution in [-0.2, 0) is 30.3 Å². The summed E-state index contributed by atoms with van der Waals surface area (Å²) in [7, 11) is 1.20. The minimum atomic E-state index is -0.981. The van der Waals surface area contributed by atoms with Crippen LogP contribution in [0, 0.1) is 0 Å². The highest BCUT2D eigenvalue weighted by atomic mass is 32.1. The van der Waals surface area contributed by atoms with Gasteiger partial charge < -0.3 is 14.8 Å². The molecule has 3 atom stereocenters. The summed E-state index contributed by atoms with van der Waals surface area (Å²) in [5.41, 5.74) is 7.81. The third-order valence-corrected chi connectivity index (χ3v) is 6.85. The van der Waals surface area contributed by atoms with Gasteiger partial charge in [-0.15, -0.1) is 11.3 Å². The number of hydrogen-bond acceptors (Lipinski definition) is 7. The van der Waals surface area contributed by atoms with Crippen LogP contribution < -0.4 is 16.2 Å². The summed E-state index contributed by atoms with van der Waals surface area (Å²) in [6.07, 6.45) is -1.61. The number of nitrogens with one attached hydrogen (secondary N) is 3. The zero-order chi connectivity index (χ0) is 26.4. The van der Waals surface area contributed by atoms with Crippen molar-refractivity contribution in [2.45, 2.75) is 38.0 Å². The molecule has 1 saturated heterocycles. The summed E-state index contributed by atoms with van der Waals surface area (Å²) in [6, 6.07) is 19.0. The molecule has 0 saturated carbocycles. The van der Waals surface area contributed by atoms with E-state index < -0.39 is 30.0 Å². The molecule has 3 N–H and O–H groups in total. The molecule has 192 valence electrons. The van der Waals surface area contributed by atoms with E-state index in [1.165, 1.54) is 7.11 Å². The Morgan fingerprint density at radius 3 is 2.57 bits per heavy atom. The first kappa shape index (κ1) is 26.1. The van der Waals surface area contributed by atoms with Crippen molar-refractivity contribution < 1.29 is 28.7 Å². The van der Waals surface area contributed by atoms with Gasteiger partial charge in [0.1, 0.15) is 0 Å². The van der Waals surface area contributed by atoms with Gasteiger partial charge in [-0.3, -0.25) is 25.2 Å². The maximum Gasteiger partial charge on any atom is 0.338 e. The Morgan fingerprint density at radius 1 is 1.00 bits per heavy atom. The quantitative estimate of drug-likeness (QED) is 0.226. The van der Waals surface area contributed by atoms with E-state index in [1.54, 1.807) is 35.6 Å². The van der Waals surface area contributed by atoms with E-state index in [9.17, 15) is 19.2 Å². The number of carbonyl (C=O) groups is 4. The van der Waals surface area contributed by atoms with E-state index >= 15 is 0 Å². The van der Waals surface area contributed by atoms with Gasteiger partial charge in [0.15, 0.2) is 12.2 Å². The lowest BCUT2D eigenvalue weighted by molar-refractivity contribution is -0.142. The van der Waals surface area contributed by atoms with Crippen LogP contribution in [0.1, 0.15) is 40.9 Å². The molecule has 1 fully saturated rings. The minimum Gasteiger partial charge on any atom is -0.467 e. The first-order valence-electron chi connectivity index (χ1n) is 11.7. The lowest BCUT2D eigenvalue weighted by atomic mass is 10.0. The van der Waals surface area contributed by atoms with Gasteiger partial charge in [0.2, 0.25) is 5.91 Å². The van der Waals surface area contributed by atoms with Gasteiger partial charge >= 0.3 is 5.97 Å². The maximum absolute atomic E-state index is 13.1. The van der Waals surface area contributed by atoms with E-state index in [4.69, 9.17) is 4.74 Å². The smallest absolute Gasteiger partial charge is 0.338 e. The number of thiophene rings is 1. The monoisotopic (exact) mass is 521 g/mol. The largest absolute Gasteiger partial charge is 0.467 e.